The minimum absolute atomic E-state index is 0.375. The summed E-state index contributed by atoms with van der Waals surface area (Å²) in [5.74, 6) is -0.375. The van der Waals surface area contributed by atoms with Crippen LogP contribution in [0.1, 0.15) is 13.8 Å². The quantitative estimate of drug-likeness (QED) is 0.545. The molecule has 0 aliphatic carbocycles. The monoisotopic (exact) mass is 174 g/mol. The van der Waals surface area contributed by atoms with E-state index in [9.17, 15) is 15.0 Å². The molecular weight excluding hydrogens is 160 g/mol. The lowest BCUT2D eigenvalue weighted by molar-refractivity contribution is -0.116. The maximum Gasteiger partial charge on any atom is 0.125 e. The summed E-state index contributed by atoms with van der Waals surface area (Å²) in [6.45, 7) is 3.33. The first-order chi connectivity index (χ1) is 5.57. The Morgan fingerprint density at radius 3 is 2.33 bits per heavy atom. The SMILES string of the molecule is C[C@@H](C=O)C1O[C@H](C)[C@H](O)[C@H]1O. The molecule has 0 aromatic rings. The molecule has 1 aliphatic heterocycles. The second-order valence-corrected chi connectivity index (χ2v) is 3.28. The highest BCUT2D eigenvalue weighted by molar-refractivity contribution is 5.54. The first-order valence-electron chi connectivity index (χ1n) is 4.04. The fraction of sp³-hybridized carbons (Fsp3) is 0.875. The molecule has 0 saturated carbocycles. The van der Waals surface area contributed by atoms with Crippen LogP contribution >= 0.6 is 0 Å². The Hall–Kier alpha value is -0.450. The topological polar surface area (TPSA) is 66.8 Å². The highest BCUT2D eigenvalue weighted by Crippen LogP contribution is 2.25. The van der Waals surface area contributed by atoms with Gasteiger partial charge in [-0.05, 0) is 6.92 Å². The molecule has 4 heteroatoms. The van der Waals surface area contributed by atoms with Crippen LogP contribution in [0.25, 0.3) is 0 Å². The Labute approximate surface area is 71.2 Å². The van der Waals surface area contributed by atoms with Gasteiger partial charge in [-0.2, -0.15) is 0 Å². The molecule has 0 aromatic heterocycles. The van der Waals surface area contributed by atoms with Crippen molar-refractivity contribution in [3.63, 3.8) is 0 Å². The standard InChI is InChI=1S/C8H14O4/c1-4(3-9)8-7(11)6(10)5(2)12-8/h3-8,10-11H,1-2H3/t4-,5+,6-,7+,8?/m0/s1. The number of ether oxygens (including phenoxy) is 1. The molecule has 1 saturated heterocycles. The lowest BCUT2D eigenvalue weighted by Gasteiger charge is -2.16. The van der Waals surface area contributed by atoms with Crippen LogP contribution in [0, 0.1) is 5.92 Å². The van der Waals surface area contributed by atoms with Crippen molar-refractivity contribution in [2.45, 2.75) is 38.3 Å². The van der Waals surface area contributed by atoms with Gasteiger partial charge in [0.2, 0.25) is 0 Å². The summed E-state index contributed by atoms with van der Waals surface area (Å²) in [6.07, 6.45) is -2.06. The molecule has 1 unspecified atom stereocenters. The number of rotatable bonds is 2. The second-order valence-electron chi connectivity index (χ2n) is 3.28. The zero-order valence-corrected chi connectivity index (χ0v) is 7.18. The lowest BCUT2D eigenvalue weighted by atomic mass is 9.99. The van der Waals surface area contributed by atoms with Crippen LogP contribution in [0.5, 0.6) is 0 Å². The average molecular weight is 174 g/mol. The van der Waals surface area contributed by atoms with Crippen LogP contribution < -0.4 is 0 Å². The molecule has 2 N–H and O–H groups in total. The van der Waals surface area contributed by atoms with E-state index in [1.54, 1.807) is 13.8 Å². The van der Waals surface area contributed by atoms with Crippen molar-refractivity contribution in [3.05, 3.63) is 0 Å². The molecule has 0 spiro atoms. The largest absolute Gasteiger partial charge is 0.388 e. The minimum atomic E-state index is -0.944. The highest BCUT2D eigenvalue weighted by Gasteiger charge is 2.42. The van der Waals surface area contributed by atoms with E-state index in [4.69, 9.17) is 4.74 Å². The molecule has 0 radical (unpaired) electrons. The Balaban J connectivity index is 2.63. The summed E-state index contributed by atoms with van der Waals surface area (Å²) >= 11 is 0. The molecule has 0 bridgehead atoms. The molecule has 0 amide bonds. The van der Waals surface area contributed by atoms with Gasteiger partial charge in [-0.15, -0.1) is 0 Å². The summed E-state index contributed by atoms with van der Waals surface area (Å²) in [6, 6.07) is 0. The Morgan fingerprint density at radius 2 is 2.00 bits per heavy atom. The predicted octanol–water partition coefficient (Wildman–Crippen LogP) is -0.670. The fourth-order valence-corrected chi connectivity index (χ4v) is 1.39. The summed E-state index contributed by atoms with van der Waals surface area (Å²) in [4.78, 5) is 10.4. The number of carbonyl (C=O) groups excluding carboxylic acids is 1. The van der Waals surface area contributed by atoms with E-state index in [2.05, 4.69) is 0 Å². The van der Waals surface area contributed by atoms with Crippen LogP contribution in [-0.4, -0.2) is 40.9 Å². The van der Waals surface area contributed by atoms with Crippen LogP contribution in [0.15, 0.2) is 0 Å². The Kier molecular flexibility index (Phi) is 2.82. The number of aliphatic hydroxyl groups is 2. The third-order valence-electron chi connectivity index (χ3n) is 2.27. The van der Waals surface area contributed by atoms with Gasteiger partial charge in [-0.25, -0.2) is 0 Å². The lowest BCUT2D eigenvalue weighted by Crippen LogP contribution is -2.35. The summed E-state index contributed by atoms with van der Waals surface area (Å²) in [5, 5.41) is 18.7. The summed E-state index contributed by atoms with van der Waals surface area (Å²) < 4.78 is 5.21. The van der Waals surface area contributed by atoms with Crippen LogP contribution in [-0.2, 0) is 9.53 Å². The van der Waals surface area contributed by atoms with Crippen molar-refractivity contribution >= 4 is 6.29 Å². The normalized spacial score (nSPS) is 44.3. The second kappa shape index (κ2) is 3.51. The van der Waals surface area contributed by atoms with E-state index in [1.165, 1.54) is 0 Å². The van der Waals surface area contributed by atoms with E-state index in [-0.39, 0.29) is 5.92 Å². The van der Waals surface area contributed by atoms with Crippen molar-refractivity contribution in [2.75, 3.05) is 0 Å². The van der Waals surface area contributed by atoms with Gasteiger partial charge in [0.05, 0.1) is 12.2 Å². The van der Waals surface area contributed by atoms with Crippen molar-refractivity contribution in [1.82, 2.24) is 0 Å². The third-order valence-corrected chi connectivity index (χ3v) is 2.27. The molecule has 1 aliphatic rings. The van der Waals surface area contributed by atoms with Gasteiger partial charge >= 0.3 is 0 Å². The van der Waals surface area contributed by atoms with Crippen LogP contribution in [0.3, 0.4) is 0 Å². The molecule has 1 fully saturated rings. The summed E-state index contributed by atoms with van der Waals surface area (Å²) in [5.41, 5.74) is 0. The van der Waals surface area contributed by atoms with Gasteiger partial charge < -0.3 is 19.7 Å². The molecule has 12 heavy (non-hydrogen) atoms. The maximum absolute atomic E-state index is 10.4. The number of aliphatic hydroxyl groups excluding tert-OH is 2. The van der Waals surface area contributed by atoms with Gasteiger partial charge in [-0.1, -0.05) is 6.92 Å². The van der Waals surface area contributed by atoms with E-state index < -0.39 is 24.4 Å². The zero-order valence-electron chi connectivity index (χ0n) is 7.18. The Morgan fingerprint density at radius 1 is 1.42 bits per heavy atom. The molecule has 1 heterocycles. The highest BCUT2D eigenvalue weighted by atomic mass is 16.5. The minimum Gasteiger partial charge on any atom is -0.388 e. The summed E-state index contributed by atoms with van der Waals surface area (Å²) in [7, 11) is 0. The van der Waals surface area contributed by atoms with E-state index in [1.807, 2.05) is 0 Å². The predicted molar refractivity (Wildman–Crippen MR) is 41.6 cm³/mol. The van der Waals surface area contributed by atoms with Gasteiger partial charge in [0.15, 0.2) is 0 Å². The molecule has 5 atom stereocenters. The van der Waals surface area contributed by atoms with Crippen molar-refractivity contribution in [1.29, 1.82) is 0 Å². The molecule has 70 valence electrons. The van der Waals surface area contributed by atoms with Crippen molar-refractivity contribution < 1.29 is 19.7 Å². The van der Waals surface area contributed by atoms with Crippen LogP contribution in [0.2, 0.25) is 0 Å². The van der Waals surface area contributed by atoms with E-state index >= 15 is 0 Å². The Bertz CT molecular complexity index is 170. The number of carbonyl (C=O) groups is 1. The fourth-order valence-electron chi connectivity index (χ4n) is 1.39. The van der Waals surface area contributed by atoms with Gasteiger partial charge in [0.25, 0.3) is 0 Å². The smallest absolute Gasteiger partial charge is 0.125 e. The van der Waals surface area contributed by atoms with E-state index in [0.29, 0.717) is 0 Å². The van der Waals surface area contributed by atoms with Crippen molar-refractivity contribution in [3.8, 4) is 0 Å². The van der Waals surface area contributed by atoms with Gasteiger partial charge in [-0.3, -0.25) is 0 Å². The molecule has 4 nitrogen and oxygen atoms in total. The maximum atomic E-state index is 10.4. The average Bonchev–Trinajstić information content (AvgIpc) is 2.32. The third kappa shape index (κ3) is 1.50. The number of hydrogen-bond acceptors (Lipinski definition) is 4. The first-order valence-corrected chi connectivity index (χ1v) is 4.04. The van der Waals surface area contributed by atoms with E-state index in [0.717, 1.165) is 6.29 Å². The molecular formula is C8H14O4. The van der Waals surface area contributed by atoms with Gasteiger partial charge in [0, 0.05) is 5.92 Å². The number of hydrogen-bond donors (Lipinski definition) is 2. The van der Waals surface area contributed by atoms with Crippen LogP contribution in [0.4, 0.5) is 0 Å². The van der Waals surface area contributed by atoms with Gasteiger partial charge in [0.1, 0.15) is 18.5 Å². The molecule has 1 rings (SSSR count). The first kappa shape index (κ1) is 9.64. The van der Waals surface area contributed by atoms with Crippen molar-refractivity contribution in [2.24, 2.45) is 5.92 Å². The molecule has 0 aromatic carbocycles. The number of aldehydes is 1. The zero-order chi connectivity index (χ0) is 9.30.